The van der Waals surface area contributed by atoms with E-state index in [1.807, 2.05) is 24.3 Å². The van der Waals surface area contributed by atoms with Crippen molar-refractivity contribution < 1.29 is 9.90 Å². The first-order valence-electron chi connectivity index (χ1n) is 11.5. The van der Waals surface area contributed by atoms with Crippen molar-refractivity contribution in [3.8, 4) is 0 Å². The highest BCUT2D eigenvalue weighted by Gasteiger charge is 2.58. The third-order valence-corrected chi connectivity index (χ3v) is 8.17. The number of nitrogens with zero attached hydrogens (tertiary/aromatic N) is 2. The number of carboxylic acid groups (broad SMARTS) is 1. The van der Waals surface area contributed by atoms with Crippen molar-refractivity contribution in [2.24, 2.45) is 17.8 Å². The molecule has 33 heavy (non-hydrogen) atoms. The third-order valence-electron chi connectivity index (χ3n) is 7.86. The number of hydrogen-bond donors (Lipinski definition) is 3. The molecule has 0 amide bonds. The smallest absolute Gasteiger partial charge is 0.358 e. The molecule has 2 unspecified atom stereocenters. The first-order valence-corrected chi connectivity index (χ1v) is 11.9. The van der Waals surface area contributed by atoms with Gasteiger partial charge in [-0.3, -0.25) is 0 Å². The van der Waals surface area contributed by atoms with E-state index in [2.05, 4.69) is 38.8 Å². The first kappa shape index (κ1) is 20.5. The van der Waals surface area contributed by atoms with E-state index in [4.69, 9.17) is 11.6 Å². The zero-order chi connectivity index (χ0) is 22.6. The Kier molecular flexibility index (Phi) is 4.80. The van der Waals surface area contributed by atoms with Crippen LogP contribution in [0.1, 0.15) is 48.2 Å². The van der Waals surface area contributed by atoms with E-state index in [0.717, 1.165) is 39.8 Å². The standard InChI is InChI=1S/C26H25ClN4O2/c27-21-12-17(26-13-15-9-16(14-26)11-18(26)10-15)1-6-22(21)30-19-2-4-20(5-3-19)31-24-23(25(32)33)28-7-8-29-24/h1-8,12,15-16,18,30H,9-11,13-14H2,(H,29,31)(H,32,33). The van der Waals surface area contributed by atoms with Crippen LogP contribution in [-0.4, -0.2) is 21.0 Å². The van der Waals surface area contributed by atoms with Crippen molar-refractivity contribution in [3.05, 3.63) is 71.1 Å². The van der Waals surface area contributed by atoms with Crippen LogP contribution in [0.5, 0.6) is 0 Å². The van der Waals surface area contributed by atoms with Crippen LogP contribution in [0, 0.1) is 17.8 Å². The summed E-state index contributed by atoms with van der Waals surface area (Å²) in [7, 11) is 0. The van der Waals surface area contributed by atoms with Gasteiger partial charge in [0.05, 0.1) is 10.7 Å². The Bertz CT molecular complexity index is 1220. The number of halogens is 1. The molecule has 0 radical (unpaired) electrons. The second kappa shape index (κ2) is 7.73. The highest BCUT2D eigenvalue weighted by Crippen LogP contribution is 2.66. The summed E-state index contributed by atoms with van der Waals surface area (Å²) < 4.78 is 0. The molecule has 4 saturated carbocycles. The van der Waals surface area contributed by atoms with Crippen molar-refractivity contribution >= 4 is 40.5 Å². The van der Waals surface area contributed by atoms with Gasteiger partial charge in [0, 0.05) is 23.8 Å². The van der Waals surface area contributed by atoms with Crippen LogP contribution < -0.4 is 10.6 Å². The fraction of sp³-hybridized carbons (Fsp3) is 0.346. The number of benzene rings is 2. The molecule has 3 N–H and O–H groups in total. The molecule has 4 fully saturated rings. The maximum atomic E-state index is 11.3. The lowest BCUT2D eigenvalue weighted by atomic mass is 9.71. The molecule has 1 aromatic heterocycles. The van der Waals surface area contributed by atoms with Gasteiger partial charge in [-0.05, 0) is 97.2 Å². The predicted molar refractivity (Wildman–Crippen MR) is 129 cm³/mol. The molecule has 2 aromatic carbocycles. The molecule has 1 heterocycles. The Balaban J connectivity index is 1.18. The van der Waals surface area contributed by atoms with Gasteiger partial charge in [-0.25, -0.2) is 14.8 Å². The Labute approximate surface area is 197 Å². The van der Waals surface area contributed by atoms with Gasteiger partial charge in [-0.2, -0.15) is 0 Å². The largest absolute Gasteiger partial charge is 0.476 e. The van der Waals surface area contributed by atoms with Gasteiger partial charge in [0.25, 0.3) is 0 Å². The molecule has 4 bridgehead atoms. The molecule has 0 saturated heterocycles. The van der Waals surface area contributed by atoms with Gasteiger partial charge in [0.2, 0.25) is 0 Å². The summed E-state index contributed by atoms with van der Waals surface area (Å²) in [6.07, 6.45) is 9.72. The van der Waals surface area contributed by atoms with E-state index in [1.165, 1.54) is 50.1 Å². The van der Waals surface area contributed by atoms with Gasteiger partial charge in [0.1, 0.15) is 0 Å². The van der Waals surface area contributed by atoms with Crippen molar-refractivity contribution in [3.63, 3.8) is 0 Å². The van der Waals surface area contributed by atoms with Crippen LogP contribution in [0.3, 0.4) is 0 Å². The molecule has 4 aliphatic rings. The Morgan fingerprint density at radius 3 is 2.27 bits per heavy atom. The summed E-state index contributed by atoms with van der Waals surface area (Å²) in [5.74, 6) is 1.75. The number of carboxylic acids is 1. The number of aromatic carboxylic acids is 1. The van der Waals surface area contributed by atoms with E-state index in [0.29, 0.717) is 5.41 Å². The highest BCUT2D eigenvalue weighted by atomic mass is 35.5. The Morgan fingerprint density at radius 1 is 0.939 bits per heavy atom. The summed E-state index contributed by atoms with van der Waals surface area (Å²) in [6.45, 7) is 0. The average molecular weight is 461 g/mol. The van der Waals surface area contributed by atoms with Crippen LogP contribution in [0.25, 0.3) is 0 Å². The molecule has 168 valence electrons. The zero-order valence-electron chi connectivity index (χ0n) is 18.1. The highest BCUT2D eigenvalue weighted by molar-refractivity contribution is 6.33. The normalized spacial score (nSPS) is 27.0. The molecule has 2 atom stereocenters. The average Bonchev–Trinajstić information content (AvgIpc) is 3.21. The van der Waals surface area contributed by atoms with Crippen molar-refractivity contribution in [2.75, 3.05) is 10.6 Å². The topological polar surface area (TPSA) is 87.1 Å². The molecule has 4 aliphatic carbocycles. The van der Waals surface area contributed by atoms with Crippen LogP contribution in [-0.2, 0) is 5.41 Å². The van der Waals surface area contributed by atoms with Gasteiger partial charge in [0.15, 0.2) is 11.5 Å². The summed E-state index contributed by atoms with van der Waals surface area (Å²) in [4.78, 5) is 19.3. The van der Waals surface area contributed by atoms with Crippen LogP contribution in [0.4, 0.5) is 22.9 Å². The zero-order valence-corrected chi connectivity index (χ0v) is 18.8. The Morgan fingerprint density at radius 2 is 1.61 bits per heavy atom. The number of aromatic nitrogens is 2. The van der Waals surface area contributed by atoms with E-state index in [-0.39, 0.29) is 11.5 Å². The quantitative estimate of drug-likeness (QED) is 0.395. The lowest BCUT2D eigenvalue weighted by Gasteiger charge is -2.34. The number of rotatable bonds is 6. The minimum atomic E-state index is -1.12. The SMILES string of the molecule is O=C(O)c1nccnc1Nc1ccc(Nc2ccc(C34CC5CC(CC3C5)C4)cc2Cl)cc1. The second-order valence-corrected chi connectivity index (χ2v) is 10.2. The third kappa shape index (κ3) is 3.53. The fourth-order valence-electron chi connectivity index (χ4n) is 6.71. The first-order chi connectivity index (χ1) is 16.0. The summed E-state index contributed by atoms with van der Waals surface area (Å²) in [5.41, 5.74) is 4.17. The van der Waals surface area contributed by atoms with Gasteiger partial charge < -0.3 is 15.7 Å². The van der Waals surface area contributed by atoms with E-state index >= 15 is 0 Å². The van der Waals surface area contributed by atoms with Crippen molar-refractivity contribution in [1.29, 1.82) is 0 Å². The molecule has 7 rings (SSSR count). The molecule has 0 aliphatic heterocycles. The van der Waals surface area contributed by atoms with E-state index in [1.54, 1.807) is 0 Å². The molecular weight excluding hydrogens is 436 g/mol. The van der Waals surface area contributed by atoms with E-state index < -0.39 is 5.97 Å². The van der Waals surface area contributed by atoms with Gasteiger partial charge in [-0.15, -0.1) is 0 Å². The van der Waals surface area contributed by atoms with Gasteiger partial charge in [-0.1, -0.05) is 17.7 Å². The molecule has 3 aromatic rings. The molecule has 7 heteroatoms. The van der Waals surface area contributed by atoms with Crippen molar-refractivity contribution in [1.82, 2.24) is 9.97 Å². The van der Waals surface area contributed by atoms with Crippen molar-refractivity contribution in [2.45, 2.75) is 37.5 Å². The van der Waals surface area contributed by atoms with Gasteiger partial charge >= 0.3 is 5.97 Å². The lowest BCUT2D eigenvalue weighted by molar-refractivity contribution is 0.0691. The maximum absolute atomic E-state index is 11.3. The summed E-state index contributed by atoms with van der Waals surface area (Å²) in [5, 5.41) is 16.4. The summed E-state index contributed by atoms with van der Waals surface area (Å²) >= 11 is 6.73. The minimum Gasteiger partial charge on any atom is -0.476 e. The second-order valence-electron chi connectivity index (χ2n) is 9.78. The predicted octanol–water partition coefficient (Wildman–Crippen LogP) is 6.39. The monoisotopic (exact) mass is 460 g/mol. The molecule has 0 spiro atoms. The van der Waals surface area contributed by atoms with E-state index in [9.17, 15) is 9.90 Å². The lowest BCUT2D eigenvalue weighted by Crippen LogP contribution is -2.27. The fourth-order valence-corrected chi connectivity index (χ4v) is 6.94. The number of anilines is 4. The number of carbonyl (C=O) groups is 1. The Hall–Kier alpha value is -3.12. The van der Waals surface area contributed by atoms with Crippen LogP contribution in [0.2, 0.25) is 5.02 Å². The number of nitrogens with one attached hydrogen (secondary N) is 2. The molecule has 6 nitrogen and oxygen atoms in total. The minimum absolute atomic E-state index is 0.116. The van der Waals surface area contributed by atoms with Crippen LogP contribution >= 0.6 is 11.6 Å². The molecular formula is C26H25ClN4O2. The van der Waals surface area contributed by atoms with Crippen LogP contribution in [0.15, 0.2) is 54.9 Å². The summed E-state index contributed by atoms with van der Waals surface area (Å²) in [6, 6.07) is 14.1. The maximum Gasteiger partial charge on any atom is 0.358 e. The number of hydrogen-bond acceptors (Lipinski definition) is 5.